The van der Waals surface area contributed by atoms with Gasteiger partial charge in [-0.15, -0.1) is 0 Å². The van der Waals surface area contributed by atoms with Crippen LogP contribution in [-0.2, 0) is 0 Å². The molecule has 1 heteroatoms. The Kier molecular flexibility index (Phi) is 4.79. The third-order valence-corrected chi connectivity index (χ3v) is 0.857. The molecule has 0 aliphatic rings. The Morgan fingerprint density at radius 2 is 2.00 bits per heavy atom. The average molecular weight is 123 g/mol. The topological polar surface area (TPSA) is 12.4 Å². The van der Waals surface area contributed by atoms with E-state index in [1.807, 2.05) is 39.1 Å². The highest BCUT2D eigenvalue weighted by Gasteiger charge is 1.73. The zero-order valence-electron chi connectivity index (χ0n) is 6.26. The van der Waals surface area contributed by atoms with Crippen molar-refractivity contribution < 1.29 is 0 Å². The molecule has 0 aliphatic carbocycles. The van der Waals surface area contributed by atoms with Crippen LogP contribution in [0, 0.1) is 0 Å². The first kappa shape index (κ1) is 8.15. The fourth-order valence-electron chi connectivity index (χ4n) is 0.498. The molecule has 0 heterocycles. The second-order valence-corrected chi connectivity index (χ2v) is 1.78. The van der Waals surface area contributed by atoms with Crippen molar-refractivity contribution >= 4 is 6.21 Å². The van der Waals surface area contributed by atoms with E-state index in [0.29, 0.717) is 0 Å². The highest BCUT2D eigenvalue weighted by molar-refractivity contribution is 5.54. The molecule has 0 aromatic heterocycles. The third kappa shape index (κ3) is 5.01. The average Bonchev–Trinajstić information content (AvgIpc) is 1.85. The van der Waals surface area contributed by atoms with Crippen molar-refractivity contribution in [1.82, 2.24) is 0 Å². The Bertz CT molecular complexity index is 141. The summed E-state index contributed by atoms with van der Waals surface area (Å²) in [4.78, 5) is 3.95. The molecular formula is C8H13N. The minimum absolute atomic E-state index is 1.18. The third-order valence-electron chi connectivity index (χ3n) is 0.857. The van der Waals surface area contributed by atoms with E-state index in [9.17, 15) is 0 Å². The van der Waals surface area contributed by atoms with Gasteiger partial charge in [0.2, 0.25) is 0 Å². The molecule has 0 saturated heterocycles. The minimum atomic E-state index is 1.18. The van der Waals surface area contributed by atoms with Crippen LogP contribution in [0.15, 0.2) is 28.9 Å². The normalized spacial score (nSPS) is 13.9. The van der Waals surface area contributed by atoms with E-state index in [0.717, 1.165) is 0 Å². The number of hydrogen-bond acceptors (Lipinski definition) is 1. The van der Waals surface area contributed by atoms with Crippen LogP contribution in [0.25, 0.3) is 0 Å². The number of nitrogens with zero attached hydrogens (tertiary/aromatic N) is 1. The van der Waals surface area contributed by atoms with E-state index in [1.54, 1.807) is 6.21 Å². The maximum atomic E-state index is 3.95. The first-order valence-electron chi connectivity index (χ1n) is 3.08. The van der Waals surface area contributed by atoms with Crippen molar-refractivity contribution in [3.63, 3.8) is 0 Å². The molecule has 0 rings (SSSR count). The van der Waals surface area contributed by atoms with Gasteiger partial charge in [-0.25, -0.2) is 0 Å². The summed E-state index contributed by atoms with van der Waals surface area (Å²) in [7, 11) is 0. The second-order valence-electron chi connectivity index (χ2n) is 1.78. The van der Waals surface area contributed by atoms with E-state index in [2.05, 4.69) is 4.99 Å². The lowest BCUT2D eigenvalue weighted by Gasteiger charge is -1.83. The summed E-state index contributed by atoms with van der Waals surface area (Å²) >= 11 is 0. The Morgan fingerprint density at radius 3 is 2.44 bits per heavy atom. The van der Waals surface area contributed by atoms with Crippen LogP contribution >= 0.6 is 0 Å². The number of aliphatic imine (C=N–C) groups is 1. The predicted octanol–water partition coefficient (Wildman–Crippen LogP) is 2.56. The minimum Gasteiger partial charge on any atom is -0.269 e. The largest absolute Gasteiger partial charge is 0.269 e. The van der Waals surface area contributed by atoms with Gasteiger partial charge in [0.05, 0.1) is 0 Å². The number of allylic oxidation sites excluding steroid dienone is 3. The van der Waals surface area contributed by atoms with Crippen LogP contribution in [0.3, 0.4) is 0 Å². The van der Waals surface area contributed by atoms with Crippen molar-refractivity contribution in [3.8, 4) is 0 Å². The van der Waals surface area contributed by atoms with Gasteiger partial charge in [0, 0.05) is 12.4 Å². The summed E-state index contributed by atoms with van der Waals surface area (Å²) in [5, 5.41) is 0. The molecule has 0 N–H and O–H groups in total. The van der Waals surface area contributed by atoms with Gasteiger partial charge < -0.3 is 0 Å². The quantitative estimate of drug-likeness (QED) is 0.395. The van der Waals surface area contributed by atoms with E-state index >= 15 is 0 Å². The van der Waals surface area contributed by atoms with Crippen LogP contribution in [0.1, 0.15) is 20.8 Å². The number of hydrogen-bond donors (Lipinski definition) is 0. The maximum Gasteiger partial charge on any atom is 0.0292 e. The van der Waals surface area contributed by atoms with Crippen LogP contribution in [0.2, 0.25) is 0 Å². The van der Waals surface area contributed by atoms with Gasteiger partial charge in [-0.05, 0) is 26.3 Å². The smallest absolute Gasteiger partial charge is 0.0292 e. The Hall–Kier alpha value is -0.850. The molecule has 1 nitrogen and oxygen atoms in total. The lowest BCUT2D eigenvalue weighted by Crippen LogP contribution is -1.64. The maximum absolute atomic E-state index is 3.95. The molecule has 0 unspecified atom stereocenters. The van der Waals surface area contributed by atoms with Crippen molar-refractivity contribution in [3.05, 3.63) is 23.9 Å². The van der Waals surface area contributed by atoms with Gasteiger partial charge in [-0.2, -0.15) is 0 Å². The molecule has 0 radical (unpaired) electrons. The molecule has 0 aromatic carbocycles. The fourth-order valence-corrected chi connectivity index (χ4v) is 0.498. The fraction of sp³-hybridized carbons (Fsp3) is 0.375. The van der Waals surface area contributed by atoms with E-state index in [4.69, 9.17) is 0 Å². The summed E-state index contributed by atoms with van der Waals surface area (Å²) in [5.74, 6) is 0. The molecule has 0 spiro atoms. The summed E-state index contributed by atoms with van der Waals surface area (Å²) in [6, 6.07) is 0. The predicted molar refractivity (Wildman–Crippen MR) is 42.7 cm³/mol. The Morgan fingerprint density at radius 1 is 1.33 bits per heavy atom. The van der Waals surface area contributed by atoms with Crippen molar-refractivity contribution in [1.29, 1.82) is 0 Å². The molecule has 0 aromatic rings. The highest BCUT2D eigenvalue weighted by Crippen LogP contribution is 1.93. The standard InChI is InChI=1S/C8H13N/c1-4-6-8(3)7-9-5-2/h4-7H,1-3H3/b6-4+,8-7-,9-5?. The van der Waals surface area contributed by atoms with Crippen molar-refractivity contribution in [2.45, 2.75) is 20.8 Å². The van der Waals surface area contributed by atoms with Crippen LogP contribution in [-0.4, -0.2) is 6.21 Å². The highest BCUT2D eigenvalue weighted by atomic mass is 14.7. The molecule has 50 valence electrons. The zero-order valence-corrected chi connectivity index (χ0v) is 6.26. The van der Waals surface area contributed by atoms with E-state index in [1.165, 1.54) is 5.57 Å². The molecule has 0 fully saturated rings. The van der Waals surface area contributed by atoms with Crippen LogP contribution in [0.5, 0.6) is 0 Å². The molecule has 0 saturated carbocycles. The Labute approximate surface area is 56.8 Å². The zero-order chi connectivity index (χ0) is 7.11. The van der Waals surface area contributed by atoms with E-state index < -0.39 is 0 Å². The van der Waals surface area contributed by atoms with Gasteiger partial charge in [0.15, 0.2) is 0 Å². The summed E-state index contributed by atoms with van der Waals surface area (Å²) in [6.45, 7) is 5.92. The molecule has 0 amide bonds. The van der Waals surface area contributed by atoms with Crippen molar-refractivity contribution in [2.24, 2.45) is 4.99 Å². The van der Waals surface area contributed by atoms with Gasteiger partial charge in [-0.1, -0.05) is 12.2 Å². The first-order valence-corrected chi connectivity index (χ1v) is 3.08. The van der Waals surface area contributed by atoms with Gasteiger partial charge in [0.1, 0.15) is 0 Å². The molecule has 0 bridgehead atoms. The number of rotatable bonds is 2. The van der Waals surface area contributed by atoms with Crippen molar-refractivity contribution in [2.75, 3.05) is 0 Å². The van der Waals surface area contributed by atoms with Gasteiger partial charge in [0.25, 0.3) is 0 Å². The lowest BCUT2D eigenvalue weighted by atomic mass is 10.3. The molecule has 0 aliphatic heterocycles. The lowest BCUT2D eigenvalue weighted by molar-refractivity contribution is 1.42. The first-order chi connectivity index (χ1) is 4.31. The molecular weight excluding hydrogens is 110 g/mol. The Balaban J connectivity index is 3.84. The summed E-state index contributed by atoms with van der Waals surface area (Å²) in [5.41, 5.74) is 1.18. The van der Waals surface area contributed by atoms with E-state index in [-0.39, 0.29) is 0 Å². The summed E-state index contributed by atoms with van der Waals surface area (Å²) in [6.07, 6.45) is 7.62. The van der Waals surface area contributed by atoms with Gasteiger partial charge in [-0.3, -0.25) is 4.99 Å². The SMILES string of the molecule is CC=N/C=C(C)\C=C\C. The second kappa shape index (κ2) is 5.29. The van der Waals surface area contributed by atoms with Crippen LogP contribution in [0.4, 0.5) is 0 Å². The summed E-state index contributed by atoms with van der Waals surface area (Å²) < 4.78 is 0. The molecule has 9 heavy (non-hydrogen) atoms. The van der Waals surface area contributed by atoms with Crippen LogP contribution < -0.4 is 0 Å². The van der Waals surface area contributed by atoms with Gasteiger partial charge >= 0.3 is 0 Å². The monoisotopic (exact) mass is 123 g/mol. The molecule has 0 atom stereocenters.